The highest BCUT2D eigenvalue weighted by Gasteiger charge is 2.34. The molecule has 0 aliphatic carbocycles. The van der Waals surface area contributed by atoms with Crippen LogP contribution in [0.15, 0.2) is 59.0 Å². The quantitative estimate of drug-likeness (QED) is 0.563. The molecule has 26 heavy (non-hydrogen) atoms. The highest BCUT2D eigenvalue weighted by Crippen LogP contribution is 2.38. The summed E-state index contributed by atoms with van der Waals surface area (Å²) in [5, 5.41) is 2.72. The van der Waals surface area contributed by atoms with Crippen LogP contribution >= 0.6 is 11.6 Å². The van der Waals surface area contributed by atoms with Crippen molar-refractivity contribution in [3.05, 3.63) is 76.8 Å². The minimum absolute atomic E-state index is 0.288. The molecule has 0 saturated carbocycles. The second kappa shape index (κ2) is 6.84. The number of alkyl halides is 3. The monoisotopic (exact) mass is 383 g/mol. The van der Waals surface area contributed by atoms with Crippen LogP contribution in [0.25, 0.3) is 11.3 Å². The lowest BCUT2D eigenvalue weighted by Crippen LogP contribution is -2.12. The molecule has 2 aromatic carbocycles. The summed E-state index contributed by atoms with van der Waals surface area (Å²) in [5.41, 5.74) is -1.06. The lowest BCUT2D eigenvalue weighted by molar-refractivity contribution is -0.137. The maximum absolute atomic E-state index is 14.1. The van der Waals surface area contributed by atoms with Crippen LogP contribution in [0.4, 0.5) is 23.2 Å². The maximum atomic E-state index is 14.1. The molecule has 0 aliphatic heterocycles. The molecular weight excluding hydrogens is 374 g/mol. The maximum Gasteiger partial charge on any atom is 0.417 e. The van der Waals surface area contributed by atoms with Crippen molar-refractivity contribution >= 4 is 23.2 Å². The summed E-state index contributed by atoms with van der Waals surface area (Å²) in [6.07, 6.45) is -4.65. The first-order chi connectivity index (χ1) is 12.3. The van der Waals surface area contributed by atoms with E-state index in [9.17, 15) is 22.4 Å². The molecule has 3 rings (SSSR count). The summed E-state index contributed by atoms with van der Waals surface area (Å²) in [7, 11) is 0. The lowest BCUT2D eigenvalue weighted by Gasteiger charge is -2.10. The van der Waals surface area contributed by atoms with Crippen molar-refractivity contribution in [1.29, 1.82) is 0 Å². The highest BCUT2D eigenvalue weighted by molar-refractivity contribution is 6.30. The van der Waals surface area contributed by atoms with Gasteiger partial charge in [0.2, 0.25) is 5.76 Å². The Kier molecular flexibility index (Phi) is 4.73. The van der Waals surface area contributed by atoms with Crippen LogP contribution < -0.4 is 5.32 Å². The molecule has 0 aliphatic rings. The van der Waals surface area contributed by atoms with E-state index in [1.54, 1.807) is 12.1 Å². The number of halogens is 5. The molecule has 1 amide bonds. The number of anilines is 1. The Morgan fingerprint density at radius 1 is 1.04 bits per heavy atom. The summed E-state index contributed by atoms with van der Waals surface area (Å²) in [4.78, 5) is 12.2. The predicted molar refractivity (Wildman–Crippen MR) is 88.5 cm³/mol. The van der Waals surface area contributed by atoms with Crippen molar-refractivity contribution in [1.82, 2.24) is 0 Å². The van der Waals surface area contributed by atoms with Gasteiger partial charge in [-0.2, -0.15) is 13.2 Å². The number of carbonyl (C=O) groups is 1. The smallest absolute Gasteiger partial charge is 0.417 e. The molecule has 3 aromatic rings. The van der Waals surface area contributed by atoms with E-state index in [1.807, 2.05) is 0 Å². The fraction of sp³-hybridized carbons (Fsp3) is 0.0556. The van der Waals surface area contributed by atoms with Crippen LogP contribution in [-0.4, -0.2) is 5.91 Å². The number of carbonyl (C=O) groups excluding carboxylic acids is 1. The summed E-state index contributed by atoms with van der Waals surface area (Å²) in [5.74, 6) is -3.14. The van der Waals surface area contributed by atoms with Gasteiger partial charge < -0.3 is 9.73 Å². The van der Waals surface area contributed by atoms with Gasteiger partial charge in [-0.3, -0.25) is 4.79 Å². The zero-order valence-corrected chi connectivity index (χ0v) is 13.7. The fourth-order valence-electron chi connectivity index (χ4n) is 2.36. The van der Waals surface area contributed by atoms with E-state index in [2.05, 4.69) is 5.32 Å². The Morgan fingerprint density at radius 3 is 2.46 bits per heavy atom. The number of benzene rings is 2. The third-order valence-electron chi connectivity index (χ3n) is 3.47. The third kappa shape index (κ3) is 3.72. The van der Waals surface area contributed by atoms with E-state index < -0.39 is 35.0 Å². The van der Waals surface area contributed by atoms with Crippen molar-refractivity contribution in [2.24, 2.45) is 0 Å². The summed E-state index contributed by atoms with van der Waals surface area (Å²) in [6.45, 7) is 0. The molecule has 1 N–H and O–H groups in total. The highest BCUT2D eigenvalue weighted by atomic mass is 35.5. The third-order valence-corrected chi connectivity index (χ3v) is 3.71. The van der Waals surface area contributed by atoms with Crippen LogP contribution in [0.3, 0.4) is 0 Å². The largest absolute Gasteiger partial charge is 0.448 e. The molecule has 0 atom stereocenters. The van der Waals surface area contributed by atoms with Crippen LogP contribution in [0, 0.1) is 5.82 Å². The van der Waals surface area contributed by atoms with Crippen LogP contribution in [-0.2, 0) is 6.18 Å². The van der Waals surface area contributed by atoms with E-state index >= 15 is 0 Å². The standard InChI is InChI=1S/C18H10ClF4NO2/c19-10-4-3-5-11(8-10)24-17(25)16-14(20)9-15(26-16)12-6-1-2-7-13(12)18(21,22)23/h1-9H,(H,24,25). The van der Waals surface area contributed by atoms with Crippen LogP contribution in [0.5, 0.6) is 0 Å². The number of hydrogen-bond acceptors (Lipinski definition) is 2. The Hall–Kier alpha value is -2.80. The molecule has 1 aromatic heterocycles. The molecule has 0 bridgehead atoms. The van der Waals surface area contributed by atoms with E-state index in [0.29, 0.717) is 5.02 Å². The average Bonchev–Trinajstić information content (AvgIpc) is 2.96. The second-order valence-corrected chi connectivity index (χ2v) is 5.73. The minimum atomic E-state index is -4.65. The van der Waals surface area contributed by atoms with E-state index in [-0.39, 0.29) is 11.3 Å². The van der Waals surface area contributed by atoms with Gasteiger partial charge in [0.1, 0.15) is 5.76 Å². The van der Waals surface area contributed by atoms with Gasteiger partial charge >= 0.3 is 6.18 Å². The van der Waals surface area contributed by atoms with Gasteiger partial charge in [-0.25, -0.2) is 4.39 Å². The Bertz CT molecular complexity index is 966. The molecule has 134 valence electrons. The van der Waals surface area contributed by atoms with Crippen molar-refractivity contribution in [3.8, 4) is 11.3 Å². The zero-order chi connectivity index (χ0) is 18.9. The van der Waals surface area contributed by atoms with Gasteiger partial charge in [0.25, 0.3) is 5.91 Å². The molecular formula is C18H10ClF4NO2. The summed E-state index contributed by atoms with van der Waals surface area (Å²) in [6, 6.07) is 11.4. The second-order valence-electron chi connectivity index (χ2n) is 5.30. The van der Waals surface area contributed by atoms with Crippen molar-refractivity contribution in [2.75, 3.05) is 5.32 Å². The Balaban J connectivity index is 1.94. The van der Waals surface area contributed by atoms with Gasteiger partial charge in [0.05, 0.1) is 5.56 Å². The first-order valence-electron chi connectivity index (χ1n) is 7.28. The number of furan rings is 1. The van der Waals surface area contributed by atoms with Gasteiger partial charge in [-0.05, 0) is 24.3 Å². The SMILES string of the molecule is O=C(Nc1cccc(Cl)c1)c1oc(-c2ccccc2C(F)(F)F)cc1F. The minimum Gasteiger partial charge on any atom is -0.448 e. The van der Waals surface area contributed by atoms with E-state index in [4.69, 9.17) is 16.0 Å². The molecule has 0 fully saturated rings. The molecule has 0 radical (unpaired) electrons. The van der Waals surface area contributed by atoms with E-state index in [0.717, 1.165) is 18.2 Å². The normalized spacial score (nSPS) is 11.4. The zero-order valence-electron chi connectivity index (χ0n) is 12.9. The molecule has 0 saturated heterocycles. The number of nitrogens with one attached hydrogen (secondary N) is 1. The first kappa shape index (κ1) is 18.0. The molecule has 0 spiro atoms. The fourth-order valence-corrected chi connectivity index (χ4v) is 2.55. The van der Waals surface area contributed by atoms with Crippen LogP contribution in [0.2, 0.25) is 5.02 Å². The molecule has 1 heterocycles. The predicted octanol–water partition coefficient (Wildman–Crippen LogP) is 6.01. The van der Waals surface area contributed by atoms with Gasteiger partial charge in [0, 0.05) is 22.3 Å². The van der Waals surface area contributed by atoms with Gasteiger partial charge in [-0.15, -0.1) is 0 Å². The molecule has 3 nitrogen and oxygen atoms in total. The number of amides is 1. The number of hydrogen-bond donors (Lipinski definition) is 1. The van der Waals surface area contributed by atoms with Crippen molar-refractivity contribution in [3.63, 3.8) is 0 Å². The van der Waals surface area contributed by atoms with Gasteiger partial charge in [-0.1, -0.05) is 35.9 Å². The average molecular weight is 384 g/mol. The topological polar surface area (TPSA) is 42.2 Å². The van der Waals surface area contributed by atoms with Crippen LogP contribution in [0.1, 0.15) is 16.1 Å². The van der Waals surface area contributed by atoms with E-state index in [1.165, 1.54) is 24.3 Å². The number of rotatable bonds is 3. The first-order valence-corrected chi connectivity index (χ1v) is 7.66. The molecule has 8 heteroatoms. The summed E-state index contributed by atoms with van der Waals surface area (Å²) >= 11 is 5.79. The van der Waals surface area contributed by atoms with Crippen molar-refractivity contribution in [2.45, 2.75) is 6.18 Å². The van der Waals surface area contributed by atoms with Crippen molar-refractivity contribution < 1.29 is 26.8 Å². The van der Waals surface area contributed by atoms with Gasteiger partial charge in [0.15, 0.2) is 5.82 Å². The molecule has 0 unspecified atom stereocenters. The Morgan fingerprint density at radius 2 is 1.77 bits per heavy atom. The lowest BCUT2D eigenvalue weighted by atomic mass is 10.1. The Labute approximate surface area is 150 Å². The summed E-state index contributed by atoms with van der Waals surface area (Å²) < 4.78 is 58.5.